The first-order chi connectivity index (χ1) is 9.90. The largest absolute Gasteiger partial charge is 0.388 e. The normalized spacial score (nSPS) is 15.4. The first-order valence-electron chi connectivity index (χ1n) is 8.23. The molecule has 5 heteroatoms. The van der Waals surface area contributed by atoms with E-state index in [0.29, 0.717) is 6.42 Å². The van der Waals surface area contributed by atoms with Gasteiger partial charge in [0, 0.05) is 6.42 Å². The molecule has 5 nitrogen and oxygen atoms in total. The summed E-state index contributed by atoms with van der Waals surface area (Å²) < 4.78 is 0. The van der Waals surface area contributed by atoms with E-state index in [9.17, 15) is 4.79 Å². The van der Waals surface area contributed by atoms with E-state index >= 15 is 0 Å². The second-order valence-corrected chi connectivity index (χ2v) is 6.19. The molecule has 0 fully saturated rings. The zero-order valence-corrected chi connectivity index (χ0v) is 13.8. The molecule has 0 rings (SSSR count). The molecule has 0 saturated carbocycles. The molecule has 7 N–H and O–H groups in total. The number of amides is 1. The molecule has 0 aliphatic carbocycles. The summed E-state index contributed by atoms with van der Waals surface area (Å²) in [4.78, 5) is 12.1. The Labute approximate surface area is 129 Å². The molecule has 21 heavy (non-hydrogen) atoms. The minimum absolute atomic E-state index is 0.181. The van der Waals surface area contributed by atoms with Crippen LogP contribution in [0.3, 0.4) is 0 Å². The Bertz CT molecular complexity index is 319. The lowest BCUT2D eigenvalue weighted by Crippen LogP contribution is -2.42. The molecular weight excluding hydrogens is 264 g/mol. The lowest BCUT2D eigenvalue weighted by molar-refractivity contribution is -0.132. The van der Waals surface area contributed by atoms with E-state index in [2.05, 4.69) is 13.8 Å². The summed E-state index contributed by atoms with van der Waals surface area (Å²) >= 11 is 0. The van der Waals surface area contributed by atoms with Crippen LogP contribution >= 0.6 is 0 Å². The topological polar surface area (TPSA) is 119 Å². The second-order valence-electron chi connectivity index (χ2n) is 6.19. The zero-order valence-electron chi connectivity index (χ0n) is 13.8. The molecule has 0 heterocycles. The van der Waals surface area contributed by atoms with Crippen molar-refractivity contribution in [1.82, 2.24) is 0 Å². The Hall–Kier alpha value is -1.10. The maximum atomic E-state index is 12.1. The number of rotatable bonds is 13. The van der Waals surface area contributed by atoms with Gasteiger partial charge in [0.15, 0.2) is 0 Å². The molecule has 0 aliphatic rings. The van der Waals surface area contributed by atoms with Gasteiger partial charge in [-0.3, -0.25) is 10.2 Å². The molecule has 2 unspecified atom stereocenters. The standard InChI is InChI=1S/C16H34N4O/c1-3-10-16(15(20)21,11-7-9-14(18)19)13(2)8-5-4-6-12-17/h13H,3-12,17H2,1-2H3,(H3,18,19)(H2,20,21). The van der Waals surface area contributed by atoms with Crippen molar-refractivity contribution in [3.05, 3.63) is 0 Å². The van der Waals surface area contributed by atoms with Crippen LogP contribution in [0, 0.1) is 16.7 Å². The third-order valence-corrected chi connectivity index (χ3v) is 4.54. The lowest BCUT2D eigenvalue weighted by Gasteiger charge is -2.37. The van der Waals surface area contributed by atoms with E-state index in [1.807, 2.05) is 0 Å². The van der Waals surface area contributed by atoms with E-state index in [4.69, 9.17) is 22.6 Å². The average molecular weight is 298 g/mol. The quantitative estimate of drug-likeness (QED) is 0.237. The highest BCUT2D eigenvalue weighted by atomic mass is 16.1. The first-order valence-corrected chi connectivity index (χ1v) is 8.23. The Morgan fingerprint density at radius 1 is 1.14 bits per heavy atom. The fourth-order valence-corrected chi connectivity index (χ4v) is 3.20. The first kappa shape index (κ1) is 19.9. The van der Waals surface area contributed by atoms with Crippen molar-refractivity contribution in [2.24, 2.45) is 28.5 Å². The van der Waals surface area contributed by atoms with Crippen LogP contribution < -0.4 is 17.2 Å². The molecule has 0 aromatic heterocycles. The van der Waals surface area contributed by atoms with Crippen LogP contribution in [0.25, 0.3) is 0 Å². The van der Waals surface area contributed by atoms with Crippen molar-refractivity contribution in [2.45, 2.75) is 71.6 Å². The van der Waals surface area contributed by atoms with Gasteiger partial charge in [-0.1, -0.05) is 33.1 Å². The molecule has 1 amide bonds. The van der Waals surface area contributed by atoms with Crippen molar-refractivity contribution in [3.8, 4) is 0 Å². The highest BCUT2D eigenvalue weighted by molar-refractivity contribution is 5.81. The molecule has 0 aliphatic heterocycles. The van der Waals surface area contributed by atoms with Gasteiger partial charge in [-0.05, 0) is 44.6 Å². The van der Waals surface area contributed by atoms with E-state index < -0.39 is 5.41 Å². The number of hydrogen-bond donors (Lipinski definition) is 4. The zero-order chi connectivity index (χ0) is 16.3. The van der Waals surface area contributed by atoms with E-state index in [-0.39, 0.29) is 17.7 Å². The molecule has 0 aromatic carbocycles. The molecular formula is C16H34N4O. The van der Waals surface area contributed by atoms with Crippen molar-refractivity contribution in [2.75, 3.05) is 6.54 Å². The monoisotopic (exact) mass is 298 g/mol. The van der Waals surface area contributed by atoms with Crippen molar-refractivity contribution in [3.63, 3.8) is 0 Å². The van der Waals surface area contributed by atoms with Gasteiger partial charge in [-0.15, -0.1) is 0 Å². The van der Waals surface area contributed by atoms with Crippen LogP contribution in [0.15, 0.2) is 0 Å². The number of unbranched alkanes of at least 4 members (excludes halogenated alkanes) is 2. The second kappa shape index (κ2) is 10.6. The summed E-state index contributed by atoms with van der Waals surface area (Å²) in [5.41, 5.74) is 16.2. The summed E-state index contributed by atoms with van der Waals surface area (Å²) in [5, 5.41) is 7.33. The molecule has 0 bridgehead atoms. The average Bonchev–Trinajstić information content (AvgIpc) is 2.41. The number of primary amides is 1. The minimum atomic E-state index is -0.451. The highest BCUT2D eigenvalue weighted by Crippen LogP contribution is 2.40. The van der Waals surface area contributed by atoms with Gasteiger partial charge < -0.3 is 17.2 Å². The summed E-state index contributed by atoms with van der Waals surface area (Å²) in [6, 6.07) is 0. The van der Waals surface area contributed by atoms with Crippen LogP contribution in [0.2, 0.25) is 0 Å². The predicted octanol–water partition coefficient (Wildman–Crippen LogP) is 2.52. The van der Waals surface area contributed by atoms with Gasteiger partial charge in [-0.25, -0.2) is 0 Å². The molecule has 0 aromatic rings. The third kappa shape index (κ3) is 6.93. The van der Waals surface area contributed by atoms with Gasteiger partial charge >= 0.3 is 0 Å². The fourth-order valence-electron chi connectivity index (χ4n) is 3.20. The van der Waals surface area contributed by atoms with Gasteiger partial charge in [0.25, 0.3) is 0 Å². The number of carbonyl (C=O) groups excluding carboxylic acids is 1. The van der Waals surface area contributed by atoms with Gasteiger partial charge in [-0.2, -0.15) is 0 Å². The molecule has 2 atom stereocenters. The van der Waals surface area contributed by atoms with Crippen LogP contribution in [-0.4, -0.2) is 18.3 Å². The third-order valence-electron chi connectivity index (χ3n) is 4.54. The summed E-state index contributed by atoms with van der Waals surface area (Å²) in [6.07, 6.45) is 8.02. The van der Waals surface area contributed by atoms with Crippen molar-refractivity contribution >= 4 is 11.7 Å². The number of carbonyl (C=O) groups is 1. The van der Waals surface area contributed by atoms with Gasteiger partial charge in [0.05, 0.1) is 11.3 Å². The lowest BCUT2D eigenvalue weighted by atomic mass is 9.67. The van der Waals surface area contributed by atoms with Crippen molar-refractivity contribution < 1.29 is 4.79 Å². The fraction of sp³-hybridized carbons (Fsp3) is 0.875. The highest BCUT2D eigenvalue weighted by Gasteiger charge is 2.40. The number of nitrogens with one attached hydrogen (secondary N) is 1. The number of amidine groups is 1. The van der Waals surface area contributed by atoms with Crippen LogP contribution in [0.1, 0.15) is 71.6 Å². The Balaban J connectivity index is 4.73. The van der Waals surface area contributed by atoms with E-state index in [1.165, 1.54) is 0 Å². The van der Waals surface area contributed by atoms with Crippen LogP contribution in [0.5, 0.6) is 0 Å². The maximum absolute atomic E-state index is 12.1. The van der Waals surface area contributed by atoms with Crippen molar-refractivity contribution in [1.29, 1.82) is 5.41 Å². The number of hydrogen-bond acceptors (Lipinski definition) is 3. The van der Waals surface area contributed by atoms with Crippen LogP contribution in [-0.2, 0) is 4.79 Å². The summed E-state index contributed by atoms with van der Waals surface area (Å²) in [7, 11) is 0. The Morgan fingerprint density at radius 2 is 1.81 bits per heavy atom. The van der Waals surface area contributed by atoms with E-state index in [1.54, 1.807) is 0 Å². The van der Waals surface area contributed by atoms with Gasteiger partial charge in [0.1, 0.15) is 0 Å². The summed E-state index contributed by atoms with van der Waals surface area (Å²) in [6.45, 7) is 4.95. The Morgan fingerprint density at radius 3 is 2.29 bits per heavy atom. The SMILES string of the molecule is CCCC(CCCC(=N)N)(C(N)=O)C(C)CCCCCN. The minimum Gasteiger partial charge on any atom is -0.388 e. The molecule has 124 valence electrons. The van der Waals surface area contributed by atoms with Crippen LogP contribution in [0.4, 0.5) is 0 Å². The molecule has 0 radical (unpaired) electrons. The number of nitrogens with two attached hydrogens (primary N) is 3. The molecule has 0 spiro atoms. The Kier molecular flexibility index (Phi) is 10.0. The summed E-state index contributed by atoms with van der Waals surface area (Å²) in [5.74, 6) is 0.249. The smallest absolute Gasteiger partial charge is 0.223 e. The van der Waals surface area contributed by atoms with Gasteiger partial charge in [0.2, 0.25) is 5.91 Å². The maximum Gasteiger partial charge on any atom is 0.223 e. The molecule has 0 saturated heterocycles. The van der Waals surface area contributed by atoms with E-state index in [0.717, 1.165) is 57.9 Å². The predicted molar refractivity (Wildman–Crippen MR) is 89.0 cm³/mol.